The lowest BCUT2D eigenvalue weighted by Crippen LogP contribution is -2.42. The molecule has 1 N–H and O–H groups in total. The molecule has 0 spiro atoms. The van der Waals surface area contributed by atoms with Crippen molar-refractivity contribution < 1.29 is 17.9 Å². The number of hydrogen-bond donors (Lipinski definition) is 1. The second-order valence-corrected chi connectivity index (χ2v) is 13.1. The Morgan fingerprint density at radius 3 is 2.60 bits per heavy atom. The van der Waals surface area contributed by atoms with E-state index in [9.17, 15) is 8.42 Å². The minimum absolute atomic E-state index is 0.0464. The average Bonchev–Trinajstić information content (AvgIpc) is 3.53. The van der Waals surface area contributed by atoms with Crippen molar-refractivity contribution in [1.82, 2.24) is 38.4 Å². The fourth-order valence-corrected chi connectivity index (χ4v) is 6.40. The quantitative estimate of drug-likeness (QED) is 0.302. The minimum Gasteiger partial charge on any atom is -0.378 e. The Kier molecular flexibility index (Phi) is 8.00. The van der Waals surface area contributed by atoms with E-state index in [-0.39, 0.29) is 12.1 Å². The van der Waals surface area contributed by atoms with Crippen LogP contribution in [0.4, 0.5) is 11.6 Å². The largest absolute Gasteiger partial charge is 0.378 e. The molecule has 15 heteroatoms. The van der Waals surface area contributed by atoms with Crippen molar-refractivity contribution in [3.63, 3.8) is 0 Å². The number of nitrogens with one attached hydrogen (secondary N) is 1. The molecule has 0 aliphatic carbocycles. The summed E-state index contributed by atoms with van der Waals surface area (Å²) in [6.45, 7) is 10.9. The Morgan fingerprint density at radius 1 is 1.12 bits per heavy atom. The lowest BCUT2D eigenvalue weighted by molar-refractivity contribution is 0.0735. The van der Waals surface area contributed by atoms with Gasteiger partial charge in [-0.15, -0.1) is 10.2 Å². The molecule has 0 aromatic carbocycles. The van der Waals surface area contributed by atoms with Gasteiger partial charge in [0, 0.05) is 51.0 Å². The molecule has 0 saturated carbocycles. The second-order valence-electron chi connectivity index (χ2n) is 11.1. The number of imidazole rings is 1. The van der Waals surface area contributed by atoms with Crippen LogP contribution in [0.5, 0.6) is 0 Å². The number of sulfonamides is 1. The van der Waals surface area contributed by atoms with Crippen LogP contribution < -0.4 is 10.2 Å². The van der Waals surface area contributed by atoms with Crippen LogP contribution in [-0.4, -0.2) is 111 Å². The van der Waals surface area contributed by atoms with Gasteiger partial charge in [0.1, 0.15) is 22.9 Å². The van der Waals surface area contributed by atoms with Gasteiger partial charge in [0.25, 0.3) is 0 Å². The number of piperidine rings is 1. The number of anilines is 2. The van der Waals surface area contributed by atoms with Gasteiger partial charge >= 0.3 is 0 Å². The molecule has 4 aromatic heterocycles. The molecule has 2 aliphatic rings. The molecule has 0 unspecified atom stereocenters. The molecule has 4 aromatic rings. The van der Waals surface area contributed by atoms with Crippen LogP contribution in [0, 0.1) is 6.92 Å². The second kappa shape index (κ2) is 11.7. The highest BCUT2D eigenvalue weighted by atomic mass is 32.2. The topological polar surface area (TPSA) is 145 Å². The third-order valence-corrected chi connectivity index (χ3v) is 9.08. The first-order valence-corrected chi connectivity index (χ1v) is 16.3. The van der Waals surface area contributed by atoms with Crippen molar-refractivity contribution in [2.75, 3.05) is 62.5 Å². The molecular formula is C27H38N10O4S. The molecule has 2 aliphatic heterocycles. The summed E-state index contributed by atoms with van der Waals surface area (Å²) >= 11 is 0. The smallest absolute Gasteiger partial charge is 0.211 e. The van der Waals surface area contributed by atoms with Gasteiger partial charge in [-0.05, 0) is 33.6 Å². The Morgan fingerprint density at radius 2 is 1.88 bits per heavy atom. The molecule has 0 radical (unpaired) electrons. The Bertz CT molecular complexity index is 1670. The van der Waals surface area contributed by atoms with Gasteiger partial charge in [-0.25, -0.2) is 27.7 Å². The van der Waals surface area contributed by atoms with Gasteiger partial charge in [0.15, 0.2) is 11.6 Å². The molecule has 6 heterocycles. The summed E-state index contributed by atoms with van der Waals surface area (Å²) in [4.78, 5) is 17.0. The molecule has 0 atom stereocenters. The summed E-state index contributed by atoms with van der Waals surface area (Å²) in [6, 6.07) is 2.13. The van der Waals surface area contributed by atoms with Gasteiger partial charge < -0.3 is 24.3 Å². The molecule has 42 heavy (non-hydrogen) atoms. The van der Waals surface area contributed by atoms with Crippen molar-refractivity contribution in [2.24, 2.45) is 0 Å². The molecule has 226 valence electrons. The van der Waals surface area contributed by atoms with E-state index in [1.165, 1.54) is 10.6 Å². The van der Waals surface area contributed by atoms with Gasteiger partial charge in [-0.3, -0.25) is 4.40 Å². The lowest BCUT2D eigenvalue weighted by atomic mass is 10.1. The summed E-state index contributed by atoms with van der Waals surface area (Å²) in [5, 5.41) is 12.2. The molecule has 2 saturated heterocycles. The highest BCUT2D eigenvalue weighted by Gasteiger charge is 2.27. The zero-order valence-corrected chi connectivity index (χ0v) is 25.3. The first kappa shape index (κ1) is 28.7. The highest BCUT2D eigenvalue weighted by Crippen LogP contribution is 2.29. The van der Waals surface area contributed by atoms with Crippen LogP contribution in [-0.2, 0) is 26.0 Å². The van der Waals surface area contributed by atoms with Crippen molar-refractivity contribution in [1.29, 1.82) is 0 Å². The zero-order valence-electron chi connectivity index (χ0n) is 24.5. The van der Waals surface area contributed by atoms with Gasteiger partial charge in [-0.2, -0.15) is 0 Å². The maximum atomic E-state index is 12.0. The van der Waals surface area contributed by atoms with E-state index >= 15 is 0 Å². The van der Waals surface area contributed by atoms with Crippen LogP contribution in [0.1, 0.15) is 32.5 Å². The molecule has 2 fully saturated rings. The lowest BCUT2D eigenvalue weighted by Gasteiger charge is -2.31. The fraction of sp³-hybridized carbons (Fsp3) is 0.593. The maximum absolute atomic E-state index is 12.0. The van der Waals surface area contributed by atoms with Gasteiger partial charge in [0.05, 0.1) is 43.9 Å². The Hall–Kier alpha value is -3.40. The SMILES string of the molecule is Cc1nnc2c(NC3CCN(S(C)(=O)=O)CC3)nc(-c3nc4cnc(N5CCOCC5)cc4n3CCOC(C)C)cn12. The van der Waals surface area contributed by atoms with Crippen molar-refractivity contribution in [3.05, 3.63) is 24.3 Å². The molecule has 0 amide bonds. The van der Waals surface area contributed by atoms with Crippen LogP contribution >= 0.6 is 0 Å². The van der Waals surface area contributed by atoms with E-state index in [1.54, 1.807) is 0 Å². The van der Waals surface area contributed by atoms with Gasteiger partial charge in [0.2, 0.25) is 15.7 Å². The molecular weight excluding hydrogens is 560 g/mol. The predicted octanol–water partition coefficient (Wildman–Crippen LogP) is 1.94. The number of aromatic nitrogens is 7. The van der Waals surface area contributed by atoms with Crippen molar-refractivity contribution >= 4 is 38.3 Å². The molecule has 0 bridgehead atoms. The molecule has 14 nitrogen and oxygen atoms in total. The monoisotopic (exact) mass is 598 g/mol. The third-order valence-electron chi connectivity index (χ3n) is 7.78. The Balaban J connectivity index is 1.38. The van der Waals surface area contributed by atoms with E-state index < -0.39 is 10.0 Å². The predicted molar refractivity (Wildman–Crippen MR) is 159 cm³/mol. The first-order valence-electron chi connectivity index (χ1n) is 14.4. The van der Waals surface area contributed by atoms with Crippen molar-refractivity contribution in [3.8, 4) is 11.5 Å². The van der Waals surface area contributed by atoms with Crippen LogP contribution in [0.25, 0.3) is 28.2 Å². The first-order chi connectivity index (χ1) is 20.2. The fourth-order valence-electron chi connectivity index (χ4n) is 5.52. The summed E-state index contributed by atoms with van der Waals surface area (Å²) in [5.41, 5.74) is 3.01. The van der Waals surface area contributed by atoms with E-state index in [0.29, 0.717) is 75.3 Å². The Labute approximate surface area is 245 Å². The van der Waals surface area contributed by atoms with Crippen LogP contribution in [0.15, 0.2) is 18.5 Å². The maximum Gasteiger partial charge on any atom is 0.211 e. The summed E-state index contributed by atoms with van der Waals surface area (Å²) < 4.78 is 41.1. The third kappa shape index (κ3) is 5.91. The van der Waals surface area contributed by atoms with E-state index in [1.807, 2.05) is 37.6 Å². The number of aryl methyl sites for hydroxylation is 1. The number of ether oxygens (including phenoxy) is 2. The number of rotatable bonds is 9. The van der Waals surface area contributed by atoms with Crippen LogP contribution in [0.3, 0.4) is 0 Å². The summed E-state index contributed by atoms with van der Waals surface area (Å²) in [7, 11) is -3.21. The van der Waals surface area contributed by atoms with E-state index in [4.69, 9.17) is 24.4 Å². The number of nitrogens with zero attached hydrogens (tertiary/aromatic N) is 9. The molecule has 6 rings (SSSR count). The standard InChI is InChI=1S/C27H38N10O4S/c1-18(2)41-14-11-36-23-15-24(34-9-12-40-13-10-34)28-16-21(23)31-26(36)22-17-37-19(3)32-33-27(37)25(30-22)29-20-5-7-35(8-6-20)42(4,38)39/h15-18,20H,5-14H2,1-4H3,(H,29,30). The minimum atomic E-state index is -3.21. The van der Waals surface area contributed by atoms with Gasteiger partial charge in [-0.1, -0.05) is 0 Å². The number of pyridine rings is 1. The normalized spacial score (nSPS) is 17.6. The number of fused-ring (bicyclic) bond motifs is 2. The van der Waals surface area contributed by atoms with E-state index in [2.05, 4.69) is 31.0 Å². The summed E-state index contributed by atoms with van der Waals surface area (Å²) in [5.74, 6) is 2.91. The summed E-state index contributed by atoms with van der Waals surface area (Å²) in [6.07, 6.45) is 6.43. The number of morpholine rings is 1. The highest BCUT2D eigenvalue weighted by molar-refractivity contribution is 7.88. The zero-order chi connectivity index (χ0) is 29.4. The number of hydrogen-bond acceptors (Lipinski definition) is 11. The van der Waals surface area contributed by atoms with Crippen molar-refractivity contribution in [2.45, 2.75) is 52.3 Å². The van der Waals surface area contributed by atoms with Crippen LogP contribution in [0.2, 0.25) is 0 Å². The van der Waals surface area contributed by atoms with E-state index in [0.717, 1.165) is 35.8 Å². The average molecular weight is 599 g/mol.